The summed E-state index contributed by atoms with van der Waals surface area (Å²) in [5, 5.41) is 3.33. The zero-order valence-electron chi connectivity index (χ0n) is 15.5. The van der Waals surface area contributed by atoms with Gasteiger partial charge in [0.1, 0.15) is 6.54 Å². The number of unbranched alkanes of at least 4 members (excludes halogenated alkanes) is 1. The van der Waals surface area contributed by atoms with Crippen molar-refractivity contribution in [1.29, 1.82) is 0 Å². The van der Waals surface area contributed by atoms with E-state index in [4.69, 9.17) is 4.74 Å². The normalized spacial score (nSPS) is 18.2. The van der Waals surface area contributed by atoms with Crippen LogP contribution in [0.5, 0.6) is 0 Å². The molecule has 1 amide bonds. The zero-order valence-corrected chi connectivity index (χ0v) is 15.5. The van der Waals surface area contributed by atoms with Gasteiger partial charge in [0.05, 0.1) is 12.5 Å². The van der Waals surface area contributed by atoms with Gasteiger partial charge in [0.25, 0.3) is 0 Å². The number of carbonyl (C=O) groups excluding carboxylic acids is 2. The number of guanidine groups is 1. The lowest BCUT2D eigenvalue weighted by Crippen LogP contribution is -2.48. The summed E-state index contributed by atoms with van der Waals surface area (Å²) in [6, 6.07) is 0. The second kappa shape index (κ2) is 10.9. The van der Waals surface area contributed by atoms with E-state index in [0.29, 0.717) is 19.1 Å². The van der Waals surface area contributed by atoms with E-state index in [2.05, 4.69) is 22.1 Å². The molecule has 7 heteroatoms. The lowest BCUT2D eigenvalue weighted by Gasteiger charge is -2.34. The van der Waals surface area contributed by atoms with Crippen LogP contribution >= 0.6 is 0 Å². The van der Waals surface area contributed by atoms with Crippen LogP contribution in [0.2, 0.25) is 0 Å². The quantitative estimate of drug-likeness (QED) is 0.325. The summed E-state index contributed by atoms with van der Waals surface area (Å²) < 4.78 is 5.15. The van der Waals surface area contributed by atoms with Crippen molar-refractivity contribution in [2.75, 3.05) is 46.9 Å². The summed E-state index contributed by atoms with van der Waals surface area (Å²) in [5.41, 5.74) is 0. The molecule has 0 spiro atoms. The van der Waals surface area contributed by atoms with Gasteiger partial charge in [0, 0.05) is 33.7 Å². The molecule has 1 fully saturated rings. The Morgan fingerprint density at radius 3 is 2.71 bits per heavy atom. The van der Waals surface area contributed by atoms with Crippen molar-refractivity contribution in [2.45, 2.75) is 39.5 Å². The highest BCUT2D eigenvalue weighted by molar-refractivity contribution is 5.85. The topological polar surface area (TPSA) is 74.2 Å². The van der Waals surface area contributed by atoms with E-state index < -0.39 is 0 Å². The lowest BCUT2D eigenvalue weighted by molar-refractivity contribution is -0.149. The predicted molar refractivity (Wildman–Crippen MR) is 94.8 cm³/mol. The Morgan fingerprint density at radius 2 is 2.08 bits per heavy atom. The Labute approximate surface area is 145 Å². The number of amides is 1. The maximum atomic E-state index is 12.0. The van der Waals surface area contributed by atoms with Gasteiger partial charge in [-0.05, 0) is 26.2 Å². The molecule has 0 aromatic heterocycles. The Kier molecular flexibility index (Phi) is 9.19. The van der Waals surface area contributed by atoms with Crippen molar-refractivity contribution < 1.29 is 14.3 Å². The minimum atomic E-state index is -0.139. The van der Waals surface area contributed by atoms with Gasteiger partial charge >= 0.3 is 5.97 Å². The molecule has 1 rings (SSSR count). The summed E-state index contributed by atoms with van der Waals surface area (Å²) in [4.78, 5) is 31.9. The van der Waals surface area contributed by atoms with Gasteiger partial charge in [0.2, 0.25) is 5.91 Å². The molecule has 0 saturated carbocycles. The van der Waals surface area contributed by atoms with Crippen molar-refractivity contribution >= 4 is 17.8 Å². The number of likely N-dealkylation sites (tertiary alicyclic amines) is 1. The predicted octanol–water partition coefficient (Wildman–Crippen LogP) is 1.10. The van der Waals surface area contributed by atoms with E-state index in [1.54, 1.807) is 14.1 Å². The molecular formula is C17H32N4O3. The number of likely N-dealkylation sites (N-methyl/N-ethyl adjacent to an activating group) is 1. The molecule has 0 aromatic rings. The van der Waals surface area contributed by atoms with E-state index in [0.717, 1.165) is 38.8 Å². The Morgan fingerprint density at radius 1 is 1.33 bits per heavy atom. The van der Waals surface area contributed by atoms with Gasteiger partial charge in [-0.25, -0.2) is 4.99 Å². The smallest absolute Gasteiger partial charge is 0.310 e. The van der Waals surface area contributed by atoms with Crippen molar-refractivity contribution in [3.05, 3.63) is 0 Å². The van der Waals surface area contributed by atoms with E-state index in [9.17, 15) is 9.59 Å². The van der Waals surface area contributed by atoms with E-state index >= 15 is 0 Å². The molecule has 1 unspecified atom stereocenters. The lowest BCUT2D eigenvalue weighted by atomic mass is 9.98. The molecule has 1 atom stereocenters. The molecule has 0 aromatic carbocycles. The van der Waals surface area contributed by atoms with Gasteiger partial charge in [-0.1, -0.05) is 13.3 Å². The number of carbonyl (C=O) groups is 2. The molecule has 7 nitrogen and oxygen atoms in total. The highest BCUT2D eigenvalue weighted by Gasteiger charge is 2.28. The van der Waals surface area contributed by atoms with Crippen molar-refractivity contribution in [3.8, 4) is 0 Å². The summed E-state index contributed by atoms with van der Waals surface area (Å²) in [7, 11) is 3.44. The third-order valence-corrected chi connectivity index (χ3v) is 4.02. The fourth-order valence-electron chi connectivity index (χ4n) is 2.55. The number of hydrogen-bond acceptors (Lipinski definition) is 4. The van der Waals surface area contributed by atoms with Crippen LogP contribution in [0.15, 0.2) is 4.99 Å². The minimum absolute atomic E-state index is 0.0382. The Hall–Kier alpha value is -1.79. The fraction of sp³-hybridized carbons (Fsp3) is 0.824. The number of nitrogens with one attached hydrogen (secondary N) is 1. The highest BCUT2D eigenvalue weighted by atomic mass is 16.5. The molecule has 138 valence electrons. The van der Waals surface area contributed by atoms with Crippen LogP contribution < -0.4 is 5.32 Å². The molecular weight excluding hydrogens is 308 g/mol. The number of nitrogens with zero attached hydrogens (tertiary/aromatic N) is 3. The SMILES string of the molecule is CCCCNC(=NCC(=O)N(C)C)N1CCCC(C(=O)OCC)C1. The first-order valence-corrected chi connectivity index (χ1v) is 8.89. The van der Waals surface area contributed by atoms with Crippen LogP contribution in [0.25, 0.3) is 0 Å². The first-order valence-electron chi connectivity index (χ1n) is 8.89. The second-order valence-electron chi connectivity index (χ2n) is 6.25. The molecule has 0 radical (unpaired) electrons. The third-order valence-electron chi connectivity index (χ3n) is 4.02. The van der Waals surface area contributed by atoms with Crippen molar-refractivity contribution in [1.82, 2.24) is 15.1 Å². The molecule has 1 saturated heterocycles. The van der Waals surface area contributed by atoms with E-state index in [1.807, 2.05) is 6.92 Å². The van der Waals surface area contributed by atoms with Gasteiger partial charge < -0.3 is 19.9 Å². The molecule has 0 bridgehead atoms. The standard InChI is InChI=1S/C17H32N4O3/c1-5-7-10-18-17(19-12-15(22)20(3)4)21-11-8-9-14(13-21)16(23)24-6-2/h14H,5-13H2,1-4H3,(H,18,19). The van der Waals surface area contributed by atoms with Gasteiger partial charge in [-0.15, -0.1) is 0 Å². The van der Waals surface area contributed by atoms with E-state index in [1.165, 1.54) is 4.90 Å². The second-order valence-corrected chi connectivity index (χ2v) is 6.25. The van der Waals surface area contributed by atoms with Crippen LogP contribution in [-0.4, -0.2) is 74.5 Å². The number of piperidine rings is 1. The van der Waals surface area contributed by atoms with Gasteiger partial charge in [-0.3, -0.25) is 9.59 Å². The third kappa shape index (κ3) is 6.76. The average molecular weight is 340 g/mol. The first-order chi connectivity index (χ1) is 11.5. The zero-order chi connectivity index (χ0) is 17.9. The van der Waals surface area contributed by atoms with Gasteiger partial charge in [0.15, 0.2) is 5.96 Å². The van der Waals surface area contributed by atoms with Crippen molar-refractivity contribution in [2.24, 2.45) is 10.9 Å². The number of rotatable bonds is 7. The largest absolute Gasteiger partial charge is 0.466 e. The van der Waals surface area contributed by atoms with Crippen LogP contribution in [0.1, 0.15) is 39.5 Å². The monoisotopic (exact) mass is 340 g/mol. The number of aliphatic imine (C=N–C) groups is 1. The Bertz CT molecular complexity index is 438. The number of ether oxygens (including phenoxy) is 1. The van der Waals surface area contributed by atoms with Crippen molar-refractivity contribution in [3.63, 3.8) is 0 Å². The maximum Gasteiger partial charge on any atom is 0.310 e. The summed E-state index contributed by atoms with van der Waals surface area (Å²) in [5.74, 6) is 0.414. The Balaban J connectivity index is 2.74. The minimum Gasteiger partial charge on any atom is -0.466 e. The number of hydrogen-bond donors (Lipinski definition) is 1. The molecule has 0 aliphatic carbocycles. The fourth-order valence-corrected chi connectivity index (χ4v) is 2.55. The molecule has 1 aliphatic heterocycles. The van der Waals surface area contributed by atoms with Crippen LogP contribution in [-0.2, 0) is 14.3 Å². The highest BCUT2D eigenvalue weighted by Crippen LogP contribution is 2.18. The number of esters is 1. The maximum absolute atomic E-state index is 12.0. The van der Waals surface area contributed by atoms with Crippen LogP contribution in [0.3, 0.4) is 0 Å². The summed E-state index contributed by atoms with van der Waals surface area (Å²) in [6.07, 6.45) is 3.88. The average Bonchev–Trinajstić information content (AvgIpc) is 2.57. The summed E-state index contributed by atoms with van der Waals surface area (Å²) >= 11 is 0. The van der Waals surface area contributed by atoms with E-state index in [-0.39, 0.29) is 24.3 Å². The molecule has 1 aliphatic rings. The first kappa shape index (κ1) is 20.3. The molecule has 1 heterocycles. The molecule has 24 heavy (non-hydrogen) atoms. The molecule has 1 N–H and O–H groups in total. The van der Waals surface area contributed by atoms with Crippen LogP contribution in [0.4, 0.5) is 0 Å². The van der Waals surface area contributed by atoms with Gasteiger partial charge in [-0.2, -0.15) is 0 Å². The summed E-state index contributed by atoms with van der Waals surface area (Å²) in [6.45, 7) is 6.71. The van der Waals surface area contributed by atoms with Crippen LogP contribution in [0, 0.1) is 5.92 Å².